The molecule has 1 heterocycles. The van der Waals surface area contributed by atoms with Crippen LogP contribution in [0.2, 0.25) is 0 Å². The summed E-state index contributed by atoms with van der Waals surface area (Å²) in [6.07, 6.45) is 2.89. The Morgan fingerprint density at radius 2 is 2.00 bits per heavy atom. The molecule has 1 heteroatoms. The van der Waals surface area contributed by atoms with Crippen LogP contribution in [-0.4, -0.2) is 22.5 Å². The third-order valence-electron chi connectivity index (χ3n) is 3.51. The number of likely N-dealkylation sites (tertiary alicyclic amines) is 1. The van der Waals surface area contributed by atoms with Crippen LogP contribution in [0.25, 0.3) is 0 Å². The summed E-state index contributed by atoms with van der Waals surface area (Å²) in [5.74, 6) is 1.03. The van der Waals surface area contributed by atoms with Crippen LogP contribution in [0.4, 0.5) is 0 Å². The lowest BCUT2D eigenvalue weighted by Gasteiger charge is -2.38. The van der Waals surface area contributed by atoms with Gasteiger partial charge in [-0.05, 0) is 53.0 Å². The quantitative estimate of drug-likeness (QED) is 0.516. The van der Waals surface area contributed by atoms with Crippen LogP contribution < -0.4 is 0 Å². The molecular weight excluding hydrogens is 134 g/mol. The molecule has 2 aliphatic rings. The number of nitrogens with zero attached hydrogens (tertiary/aromatic N) is 1. The molecule has 0 aromatic rings. The van der Waals surface area contributed by atoms with Crippen molar-refractivity contribution in [1.29, 1.82) is 0 Å². The first kappa shape index (κ1) is 7.60. The van der Waals surface area contributed by atoms with Crippen molar-refractivity contribution in [2.24, 2.45) is 5.92 Å². The van der Waals surface area contributed by atoms with Crippen LogP contribution in [-0.2, 0) is 0 Å². The van der Waals surface area contributed by atoms with Crippen LogP contribution in [0, 0.1) is 5.92 Å². The summed E-state index contributed by atoms with van der Waals surface area (Å²) in [5.41, 5.74) is 0.984. The number of piperidine rings is 1. The maximum atomic E-state index is 2.69. The highest BCUT2D eigenvalue weighted by molar-refractivity contribution is 5.15. The Balaban J connectivity index is 2.16. The molecule has 1 aliphatic carbocycles. The molecular formula is C10H19N. The van der Waals surface area contributed by atoms with Crippen molar-refractivity contribution in [3.63, 3.8) is 0 Å². The zero-order chi connectivity index (χ0) is 8.28. The maximum absolute atomic E-state index is 2.69. The molecule has 1 aliphatic heterocycles. The zero-order valence-corrected chi connectivity index (χ0v) is 8.15. The first-order valence-electron chi connectivity index (χ1n) is 4.72. The van der Waals surface area contributed by atoms with E-state index in [1.165, 1.54) is 19.4 Å². The van der Waals surface area contributed by atoms with Gasteiger partial charge >= 0.3 is 0 Å². The number of hydrogen-bond acceptors (Lipinski definition) is 1. The van der Waals surface area contributed by atoms with E-state index in [9.17, 15) is 0 Å². The standard InChI is InChI=1S/C10H19N/c1-9(2,3)11-6-5-8-7-10(8,11)4/h8H,5-7H2,1-4H3. The molecule has 11 heavy (non-hydrogen) atoms. The SMILES string of the molecule is CC(C)(C)N1CCC2CC21C. The second kappa shape index (κ2) is 1.82. The molecule has 1 nitrogen and oxygen atoms in total. The van der Waals surface area contributed by atoms with Crippen molar-refractivity contribution < 1.29 is 0 Å². The molecule has 2 rings (SSSR count). The highest BCUT2D eigenvalue weighted by Gasteiger charge is 2.60. The Kier molecular flexibility index (Phi) is 1.26. The number of rotatable bonds is 0. The average Bonchev–Trinajstić information content (AvgIpc) is 2.32. The fraction of sp³-hybridized carbons (Fsp3) is 1.00. The Morgan fingerprint density at radius 1 is 1.36 bits per heavy atom. The van der Waals surface area contributed by atoms with Gasteiger partial charge in [0.15, 0.2) is 0 Å². The van der Waals surface area contributed by atoms with E-state index < -0.39 is 0 Å². The monoisotopic (exact) mass is 153 g/mol. The third kappa shape index (κ3) is 0.936. The van der Waals surface area contributed by atoms with Crippen molar-refractivity contribution in [3.8, 4) is 0 Å². The molecule has 2 fully saturated rings. The van der Waals surface area contributed by atoms with Crippen LogP contribution >= 0.6 is 0 Å². The van der Waals surface area contributed by atoms with Crippen LogP contribution in [0.1, 0.15) is 40.5 Å². The van der Waals surface area contributed by atoms with Gasteiger partial charge in [-0.25, -0.2) is 0 Å². The van der Waals surface area contributed by atoms with E-state index in [-0.39, 0.29) is 0 Å². The fourth-order valence-corrected chi connectivity index (χ4v) is 2.83. The first-order valence-corrected chi connectivity index (χ1v) is 4.72. The predicted molar refractivity (Wildman–Crippen MR) is 47.6 cm³/mol. The van der Waals surface area contributed by atoms with Crippen molar-refractivity contribution in [3.05, 3.63) is 0 Å². The van der Waals surface area contributed by atoms with Gasteiger partial charge in [0.25, 0.3) is 0 Å². The molecule has 1 saturated carbocycles. The molecule has 64 valence electrons. The van der Waals surface area contributed by atoms with Gasteiger partial charge in [0.05, 0.1) is 0 Å². The highest BCUT2D eigenvalue weighted by atomic mass is 15.3. The van der Waals surface area contributed by atoms with Crippen molar-refractivity contribution in [2.45, 2.75) is 51.6 Å². The Labute approximate surface area is 69.8 Å². The lowest BCUT2D eigenvalue weighted by molar-refractivity contribution is 0.100. The Hall–Kier alpha value is -0.0400. The van der Waals surface area contributed by atoms with E-state index in [0.717, 1.165) is 5.92 Å². The molecule has 0 aromatic heterocycles. The van der Waals surface area contributed by atoms with Gasteiger partial charge < -0.3 is 0 Å². The Bertz CT molecular complexity index is 178. The number of fused-ring (bicyclic) bond motifs is 1. The number of hydrogen-bond donors (Lipinski definition) is 0. The fourth-order valence-electron chi connectivity index (χ4n) is 2.83. The van der Waals surface area contributed by atoms with Gasteiger partial charge in [0.2, 0.25) is 0 Å². The zero-order valence-electron chi connectivity index (χ0n) is 8.15. The minimum atomic E-state index is 0.389. The highest BCUT2D eigenvalue weighted by Crippen LogP contribution is 2.57. The molecule has 0 aromatic carbocycles. The summed E-state index contributed by atoms with van der Waals surface area (Å²) in [7, 11) is 0. The molecule has 2 unspecified atom stereocenters. The van der Waals surface area contributed by atoms with Gasteiger partial charge in [0, 0.05) is 11.1 Å². The van der Waals surface area contributed by atoms with E-state index in [1.54, 1.807) is 0 Å². The van der Waals surface area contributed by atoms with Gasteiger partial charge in [-0.3, -0.25) is 4.90 Å². The van der Waals surface area contributed by atoms with Gasteiger partial charge in [-0.15, -0.1) is 0 Å². The molecule has 0 radical (unpaired) electrons. The predicted octanol–water partition coefficient (Wildman–Crippen LogP) is 2.27. The summed E-state index contributed by atoms with van der Waals surface area (Å²) in [4.78, 5) is 2.69. The summed E-state index contributed by atoms with van der Waals surface area (Å²) >= 11 is 0. The summed E-state index contributed by atoms with van der Waals surface area (Å²) in [6, 6.07) is 0. The van der Waals surface area contributed by atoms with E-state index in [2.05, 4.69) is 32.6 Å². The Morgan fingerprint density at radius 3 is 2.18 bits per heavy atom. The minimum absolute atomic E-state index is 0.389. The normalized spacial score (nSPS) is 44.2. The maximum Gasteiger partial charge on any atom is 0.0219 e. The van der Waals surface area contributed by atoms with E-state index >= 15 is 0 Å². The smallest absolute Gasteiger partial charge is 0.0219 e. The van der Waals surface area contributed by atoms with Gasteiger partial charge in [-0.1, -0.05) is 0 Å². The second-order valence-corrected chi connectivity index (χ2v) is 5.37. The molecule has 0 bridgehead atoms. The minimum Gasteiger partial charge on any atom is -0.293 e. The molecule has 0 N–H and O–H groups in total. The van der Waals surface area contributed by atoms with E-state index in [0.29, 0.717) is 11.1 Å². The summed E-state index contributed by atoms with van der Waals surface area (Å²) < 4.78 is 0. The lowest BCUT2D eigenvalue weighted by atomic mass is 10.0. The lowest BCUT2D eigenvalue weighted by Crippen LogP contribution is -2.46. The molecule has 0 spiro atoms. The molecule has 0 amide bonds. The first-order chi connectivity index (χ1) is 4.94. The van der Waals surface area contributed by atoms with Crippen LogP contribution in [0.5, 0.6) is 0 Å². The van der Waals surface area contributed by atoms with Crippen molar-refractivity contribution in [1.82, 2.24) is 4.90 Å². The van der Waals surface area contributed by atoms with E-state index in [1.807, 2.05) is 0 Å². The van der Waals surface area contributed by atoms with Gasteiger partial charge in [0.1, 0.15) is 0 Å². The van der Waals surface area contributed by atoms with Crippen LogP contribution in [0.3, 0.4) is 0 Å². The average molecular weight is 153 g/mol. The summed E-state index contributed by atoms with van der Waals surface area (Å²) in [5, 5.41) is 0. The van der Waals surface area contributed by atoms with E-state index in [4.69, 9.17) is 0 Å². The molecule has 1 saturated heterocycles. The van der Waals surface area contributed by atoms with Crippen molar-refractivity contribution >= 4 is 0 Å². The van der Waals surface area contributed by atoms with Gasteiger partial charge in [-0.2, -0.15) is 0 Å². The summed E-state index contributed by atoms with van der Waals surface area (Å²) in [6.45, 7) is 10.7. The second-order valence-electron chi connectivity index (χ2n) is 5.37. The molecule has 2 atom stereocenters. The van der Waals surface area contributed by atoms with Crippen molar-refractivity contribution in [2.75, 3.05) is 6.54 Å². The largest absolute Gasteiger partial charge is 0.293 e. The topological polar surface area (TPSA) is 3.24 Å². The van der Waals surface area contributed by atoms with Crippen LogP contribution in [0.15, 0.2) is 0 Å². The third-order valence-corrected chi connectivity index (χ3v) is 3.51.